The monoisotopic (exact) mass is 302 g/mol. The van der Waals surface area contributed by atoms with Crippen molar-refractivity contribution in [2.24, 2.45) is 12.8 Å². The summed E-state index contributed by atoms with van der Waals surface area (Å²) in [6, 6.07) is 7.27. The predicted octanol–water partition coefficient (Wildman–Crippen LogP) is 1.95. The summed E-state index contributed by atoms with van der Waals surface area (Å²) in [6.07, 6.45) is 0. The van der Waals surface area contributed by atoms with Crippen LogP contribution in [0.1, 0.15) is 27.3 Å². The van der Waals surface area contributed by atoms with Crippen molar-refractivity contribution < 1.29 is 4.79 Å². The number of aryl methyl sites for hydroxylation is 2. The molecule has 2 N–H and O–H groups in total. The lowest BCUT2D eigenvalue weighted by Gasteiger charge is -2.18. The molecule has 2 aromatic rings. The summed E-state index contributed by atoms with van der Waals surface area (Å²) in [7, 11) is 3.57. The third kappa shape index (κ3) is 2.80. The fourth-order valence-electron chi connectivity index (χ4n) is 2.22. The van der Waals surface area contributed by atoms with Crippen molar-refractivity contribution in [3.8, 4) is 0 Å². The fraction of sp³-hybridized carbons (Fsp3) is 0.267. The van der Waals surface area contributed by atoms with Crippen molar-refractivity contribution in [3.05, 3.63) is 46.8 Å². The normalized spacial score (nSPS) is 10.5. The van der Waals surface area contributed by atoms with Crippen molar-refractivity contribution >= 4 is 28.8 Å². The summed E-state index contributed by atoms with van der Waals surface area (Å²) in [5.74, 6) is -0.0822. The average molecular weight is 302 g/mol. The first-order valence-electron chi connectivity index (χ1n) is 6.51. The minimum Gasteiger partial charge on any atom is -0.389 e. The van der Waals surface area contributed by atoms with Crippen LogP contribution < -0.4 is 10.6 Å². The van der Waals surface area contributed by atoms with E-state index in [1.807, 2.05) is 45.2 Å². The van der Waals surface area contributed by atoms with Crippen LogP contribution in [0.15, 0.2) is 24.3 Å². The van der Waals surface area contributed by atoms with E-state index in [0.717, 1.165) is 22.6 Å². The molecule has 1 heterocycles. The lowest BCUT2D eigenvalue weighted by atomic mass is 10.1. The number of hydrogen-bond donors (Lipinski definition) is 1. The molecule has 0 aliphatic heterocycles. The minimum atomic E-state index is -0.0822. The van der Waals surface area contributed by atoms with E-state index in [1.54, 1.807) is 16.6 Å². The van der Waals surface area contributed by atoms with Crippen molar-refractivity contribution in [3.63, 3.8) is 0 Å². The van der Waals surface area contributed by atoms with E-state index in [2.05, 4.69) is 5.10 Å². The van der Waals surface area contributed by atoms with Crippen LogP contribution in [0.2, 0.25) is 0 Å². The smallest absolute Gasteiger partial charge is 0.261 e. The van der Waals surface area contributed by atoms with Gasteiger partial charge in [0.15, 0.2) is 0 Å². The highest BCUT2D eigenvalue weighted by Crippen LogP contribution is 2.20. The maximum atomic E-state index is 12.6. The number of carbonyl (C=O) groups is 1. The molecular formula is C15H18N4OS. The van der Waals surface area contributed by atoms with Crippen LogP contribution in [-0.2, 0) is 7.05 Å². The Morgan fingerprint density at radius 2 is 1.86 bits per heavy atom. The van der Waals surface area contributed by atoms with E-state index < -0.39 is 0 Å². The van der Waals surface area contributed by atoms with E-state index in [9.17, 15) is 4.79 Å². The van der Waals surface area contributed by atoms with Gasteiger partial charge < -0.3 is 10.6 Å². The van der Waals surface area contributed by atoms with E-state index in [0.29, 0.717) is 10.6 Å². The lowest BCUT2D eigenvalue weighted by Crippen LogP contribution is -2.27. The van der Waals surface area contributed by atoms with Gasteiger partial charge in [-0.05, 0) is 38.1 Å². The summed E-state index contributed by atoms with van der Waals surface area (Å²) in [5.41, 5.74) is 9.35. The quantitative estimate of drug-likeness (QED) is 0.880. The molecule has 0 unspecified atom stereocenters. The Morgan fingerprint density at radius 1 is 1.29 bits per heavy atom. The predicted molar refractivity (Wildman–Crippen MR) is 87.7 cm³/mol. The molecule has 5 nitrogen and oxygen atoms in total. The molecule has 2 rings (SSSR count). The molecule has 0 aliphatic carbocycles. The van der Waals surface area contributed by atoms with Crippen LogP contribution in [-0.4, -0.2) is 27.7 Å². The highest BCUT2D eigenvalue weighted by Gasteiger charge is 2.21. The van der Waals surface area contributed by atoms with Gasteiger partial charge >= 0.3 is 0 Å². The maximum Gasteiger partial charge on any atom is 0.261 e. The molecule has 0 spiro atoms. The number of aromatic nitrogens is 2. The summed E-state index contributed by atoms with van der Waals surface area (Å²) in [4.78, 5) is 14.6. The molecule has 0 saturated heterocycles. The Hall–Kier alpha value is -2.21. The van der Waals surface area contributed by atoms with Crippen molar-refractivity contribution in [2.75, 3.05) is 11.9 Å². The molecule has 21 heavy (non-hydrogen) atoms. The molecular weight excluding hydrogens is 284 g/mol. The summed E-state index contributed by atoms with van der Waals surface area (Å²) in [6.45, 7) is 3.72. The standard InChI is InChI=1S/C15H18N4OS/c1-9-13(10(2)19(4)17-9)15(20)18(3)12-7-5-11(6-8-12)14(16)21/h5-8H,1-4H3,(H2,16,21). The number of rotatable bonds is 3. The molecule has 0 fully saturated rings. The minimum absolute atomic E-state index is 0.0822. The number of anilines is 1. The zero-order valence-electron chi connectivity index (χ0n) is 12.5. The number of carbonyl (C=O) groups excluding carboxylic acids is 1. The topological polar surface area (TPSA) is 64.2 Å². The van der Waals surface area contributed by atoms with Gasteiger partial charge in [-0.1, -0.05) is 12.2 Å². The third-order valence-electron chi connectivity index (χ3n) is 3.57. The van der Waals surface area contributed by atoms with E-state index in [1.165, 1.54) is 0 Å². The van der Waals surface area contributed by atoms with Crippen LogP contribution in [0.3, 0.4) is 0 Å². The molecule has 1 amide bonds. The second kappa shape index (κ2) is 5.65. The lowest BCUT2D eigenvalue weighted by molar-refractivity contribution is 0.0992. The van der Waals surface area contributed by atoms with E-state index in [-0.39, 0.29) is 5.91 Å². The SMILES string of the molecule is Cc1nn(C)c(C)c1C(=O)N(C)c1ccc(C(N)=S)cc1. The number of benzene rings is 1. The summed E-state index contributed by atoms with van der Waals surface area (Å²) < 4.78 is 1.71. The van der Waals surface area contributed by atoms with Crippen LogP contribution in [0.4, 0.5) is 5.69 Å². The van der Waals surface area contributed by atoms with Gasteiger partial charge in [-0.25, -0.2) is 0 Å². The van der Waals surface area contributed by atoms with E-state index >= 15 is 0 Å². The highest BCUT2D eigenvalue weighted by molar-refractivity contribution is 7.80. The number of nitrogens with two attached hydrogens (primary N) is 1. The van der Waals surface area contributed by atoms with Gasteiger partial charge in [0.1, 0.15) is 4.99 Å². The second-order valence-electron chi connectivity index (χ2n) is 4.94. The highest BCUT2D eigenvalue weighted by atomic mass is 32.1. The van der Waals surface area contributed by atoms with E-state index in [4.69, 9.17) is 18.0 Å². The van der Waals surface area contributed by atoms with Crippen LogP contribution in [0.5, 0.6) is 0 Å². The van der Waals surface area contributed by atoms with Crippen LogP contribution in [0.25, 0.3) is 0 Å². The molecule has 0 atom stereocenters. The summed E-state index contributed by atoms with van der Waals surface area (Å²) in [5, 5.41) is 4.28. The van der Waals surface area contributed by atoms with Crippen LogP contribution >= 0.6 is 12.2 Å². The Kier molecular flexibility index (Phi) is 4.09. The molecule has 0 bridgehead atoms. The van der Waals surface area contributed by atoms with Gasteiger partial charge in [-0.2, -0.15) is 5.10 Å². The van der Waals surface area contributed by atoms with Crippen molar-refractivity contribution in [1.29, 1.82) is 0 Å². The molecule has 1 aromatic carbocycles. The summed E-state index contributed by atoms with van der Waals surface area (Å²) >= 11 is 4.92. The maximum absolute atomic E-state index is 12.6. The fourth-order valence-corrected chi connectivity index (χ4v) is 2.35. The molecule has 110 valence electrons. The van der Waals surface area contributed by atoms with Gasteiger partial charge in [-0.15, -0.1) is 0 Å². The van der Waals surface area contributed by atoms with Gasteiger partial charge in [0.2, 0.25) is 0 Å². The zero-order valence-corrected chi connectivity index (χ0v) is 13.4. The van der Waals surface area contributed by atoms with Crippen molar-refractivity contribution in [2.45, 2.75) is 13.8 Å². The zero-order chi connectivity index (χ0) is 15.7. The third-order valence-corrected chi connectivity index (χ3v) is 3.80. The Bertz CT molecular complexity index is 703. The second-order valence-corrected chi connectivity index (χ2v) is 5.38. The Balaban J connectivity index is 2.33. The first kappa shape index (κ1) is 15.2. The first-order chi connectivity index (χ1) is 9.82. The van der Waals surface area contributed by atoms with Gasteiger partial charge in [0.25, 0.3) is 5.91 Å². The van der Waals surface area contributed by atoms with Crippen LogP contribution in [0, 0.1) is 13.8 Å². The van der Waals surface area contributed by atoms with Gasteiger partial charge in [0.05, 0.1) is 11.3 Å². The number of thiocarbonyl (C=S) groups is 1. The van der Waals surface area contributed by atoms with Gasteiger partial charge in [0, 0.05) is 31.0 Å². The molecule has 0 radical (unpaired) electrons. The number of amides is 1. The van der Waals surface area contributed by atoms with Crippen molar-refractivity contribution in [1.82, 2.24) is 9.78 Å². The Morgan fingerprint density at radius 3 is 2.29 bits per heavy atom. The van der Waals surface area contributed by atoms with Gasteiger partial charge in [-0.3, -0.25) is 9.48 Å². The molecule has 6 heteroatoms. The first-order valence-corrected chi connectivity index (χ1v) is 6.92. The molecule has 1 aromatic heterocycles. The number of hydrogen-bond acceptors (Lipinski definition) is 3. The molecule has 0 aliphatic rings. The number of nitrogens with zero attached hydrogens (tertiary/aromatic N) is 3. The largest absolute Gasteiger partial charge is 0.389 e. The average Bonchev–Trinajstić information content (AvgIpc) is 2.70. The molecule has 0 saturated carbocycles. The Labute approximate surface area is 129 Å².